The van der Waals surface area contributed by atoms with Crippen LogP contribution >= 0.6 is 0 Å². The third kappa shape index (κ3) is 4.63. The summed E-state index contributed by atoms with van der Waals surface area (Å²) >= 11 is 0. The van der Waals surface area contributed by atoms with E-state index in [4.69, 9.17) is 4.74 Å². The molecule has 0 unspecified atom stereocenters. The van der Waals surface area contributed by atoms with Gasteiger partial charge in [0, 0.05) is 11.6 Å². The van der Waals surface area contributed by atoms with Crippen LogP contribution in [0.1, 0.15) is 40.3 Å². The first-order valence-electron chi connectivity index (χ1n) is 10.9. The molecule has 0 saturated carbocycles. The number of aromatic nitrogens is 3. The summed E-state index contributed by atoms with van der Waals surface area (Å²) in [6, 6.07) is 15.3. The average molecular weight is 463 g/mol. The number of halogens is 1. The first kappa shape index (κ1) is 23.4. The molecule has 0 aliphatic heterocycles. The molecule has 2 aromatic carbocycles. The van der Waals surface area contributed by atoms with Gasteiger partial charge in [0.2, 0.25) is 0 Å². The average Bonchev–Trinajstić information content (AvgIpc) is 3.23. The number of nitrogens with zero attached hydrogens (tertiary/aromatic N) is 4. The van der Waals surface area contributed by atoms with Gasteiger partial charge in [0.05, 0.1) is 28.8 Å². The number of amides is 1. The highest BCUT2D eigenvalue weighted by Gasteiger charge is 2.31. The first-order chi connectivity index (χ1) is 16.0. The molecule has 1 amide bonds. The molecule has 2 aromatic heterocycles. The predicted molar refractivity (Wildman–Crippen MR) is 129 cm³/mol. The fourth-order valence-corrected chi connectivity index (χ4v) is 3.67. The highest BCUT2D eigenvalue weighted by atomic mass is 19.1. The molecular formula is C26H27FN4O3. The molecule has 4 rings (SSSR count). The van der Waals surface area contributed by atoms with Crippen molar-refractivity contribution >= 4 is 28.4 Å². The normalized spacial score (nSPS) is 12.1. The summed E-state index contributed by atoms with van der Waals surface area (Å²) in [6.45, 7) is 8.44. The topological polar surface area (TPSA) is 80.5 Å². The van der Waals surface area contributed by atoms with Gasteiger partial charge in [-0.3, -0.25) is 4.98 Å². The Bertz CT molecular complexity index is 1350. The Balaban J connectivity index is 1.97. The van der Waals surface area contributed by atoms with Gasteiger partial charge in [-0.15, -0.1) is 0 Å². The molecule has 176 valence electrons. The number of ether oxygens (including phenoxy) is 1. The van der Waals surface area contributed by atoms with Crippen LogP contribution in [0.3, 0.4) is 0 Å². The second-order valence-corrected chi connectivity index (χ2v) is 9.50. The van der Waals surface area contributed by atoms with E-state index in [0.717, 1.165) is 10.9 Å². The third-order valence-corrected chi connectivity index (χ3v) is 5.10. The van der Waals surface area contributed by atoms with Crippen molar-refractivity contribution in [2.24, 2.45) is 0 Å². The molecule has 0 bridgehead atoms. The summed E-state index contributed by atoms with van der Waals surface area (Å²) in [6.07, 6.45) is 2.31. The van der Waals surface area contributed by atoms with Crippen LogP contribution < -0.4 is 4.90 Å². The maximum Gasteiger partial charge on any atom is 0.419 e. The number of hydrogen-bond acceptors (Lipinski definition) is 5. The van der Waals surface area contributed by atoms with Crippen LogP contribution in [0.15, 0.2) is 67.0 Å². The maximum absolute atomic E-state index is 15.4. The summed E-state index contributed by atoms with van der Waals surface area (Å²) in [5.41, 5.74) is -0.388. The monoisotopic (exact) mass is 462 g/mol. The van der Waals surface area contributed by atoms with Gasteiger partial charge in [-0.25, -0.2) is 18.8 Å². The molecule has 2 heterocycles. The van der Waals surface area contributed by atoms with Crippen molar-refractivity contribution in [2.45, 2.75) is 45.8 Å². The van der Waals surface area contributed by atoms with Crippen molar-refractivity contribution in [3.8, 4) is 5.69 Å². The molecule has 1 N–H and O–H groups in total. The molecule has 0 atom stereocenters. The number of aliphatic hydroxyl groups is 1. The second kappa shape index (κ2) is 8.53. The van der Waals surface area contributed by atoms with Gasteiger partial charge in [-0.1, -0.05) is 24.3 Å². The molecule has 0 saturated heterocycles. The fourth-order valence-electron chi connectivity index (χ4n) is 3.67. The zero-order valence-corrected chi connectivity index (χ0v) is 19.8. The van der Waals surface area contributed by atoms with E-state index in [0.29, 0.717) is 11.4 Å². The van der Waals surface area contributed by atoms with Crippen LogP contribution in [0.5, 0.6) is 0 Å². The summed E-state index contributed by atoms with van der Waals surface area (Å²) in [5.74, 6) is -0.617. The van der Waals surface area contributed by atoms with Gasteiger partial charge in [-0.05, 0) is 65.0 Å². The molecule has 34 heavy (non-hydrogen) atoms. The molecule has 0 aliphatic carbocycles. The largest absolute Gasteiger partial charge is 0.443 e. The lowest BCUT2D eigenvalue weighted by molar-refractivity contribution is 0.0599. The summed E-state index contributed by atoms with van der Waals surface area (Å²) in [5, 5.41) is 15.7. The Morgan fingerprint density at radius 2 is 1.79 bits per heavy atom. The van der Waals surface area contributed by atoms with Gasteiger partial charge in [-0.2, -0.15) is 5.10 Å². The van der Waals surface area contributed by atoms with Crippen molar-refractivity contribution in [3.05, 3.63) is 78.5 Å². The maximum atomic E-state index is 15.4. The lowest BCUT2D eigenvalue weighted by Crippen LogP contribution is -2.35. The van der Waals surface area contributed by atoms with Crippen LogP contribution in [-0.4, -0.2) is 31.6 Å². The number of rotatable bonds is 4. The fraction of sp³-hybridized carbons (Fsp3) is 0.269. The van der Waals surface area contributed by atoms with E-state index in [1.165, 1.54) is 27.9 Å². The van der Waals surface area contributed by atoms with Crippen molar-refractivity contribution in [2.75, 3.05) is 4.90 Å². The van der Waals surface area contributed by atoms with Crippen molar-refractivity contribution in [3.63, 3.8) is 0 Å². The van der Waals surface area contributed by atoms with E-state index >= 15 is 4.39 Å². The van der Waals surface area contributed by atoms with E-state index in [-0.39, 0.29) is 11.4 Å². The number of carbonyl (C=O) groups is 1. The molecule has 0 aliphatic rings. The number of anilines is 2. The van der Waals surface area contributed by atoms with Crippen LogP contribution in [0.2, 0.25) is 0 Å². The first-order valence-corrected chi connectivity index (χ1v) is 10.9. The number of carbonyl (C=O) groups excluding carboxylic acids is 1. The summed E-state index contributed by atoms with van der Waals surface area (Å²) in [4.78, 5) is 19.2. The summed E-state index contributed by atoms with van der Waals surface area (Å²) < 4.78 is 22.4. The van der Waals surface area contributed by atoms with Gasteiger partial charge in [0.25, 0.3) is 0 Å². The van der Waals surface area contributed by atoms with E-state index in [1.807, 2.05) is 24.3 Å². The lowest BCUT2D eigenvalue weighted by atomic mass is 10.1. The van der Waals surface area contributed by atoms with Gasteiger partial charge in [0.1, 0.15) is 16.9 Å². The molecular weight excluding hydrogens is 435 g/mol. The van der Waals surface area contributed by atoms with Gasteiger partial charge in [0.15, 0.2) is 5.82 Å². The molecule has 0 fully saturated rings. The summed E-state index contributed by atoms with van der Waals surface area (Å²) in [7, 11) is 0. The lowest BCUT2D eigenvalue weighted by Gasteiger charge is -2.29. The molecule has 4 aromatic rings. The van der Waals surface area contributed by atoms with Crippen LogP contribution in [0.4, 0.5) is 20.6 Å². The standard InChI is InChI=1S/C26H27FN4O3/c1-25(2,3)34-24(32)30(18-15-17-9-6-7-11-20(17)28-16-18)21-12-8-10-19(27)23(21)31-22(13-14-29-31)26(4,5)33/h6-16,33H,1-5H3. The Kier molecular flexibility index (Phi) is 5.87. The van der Waals surface area contributed by atoms with E-state index < -0.39 is 23.1 Å². The number of para-hydroxylation sites is 2. The molecule has 8 heteroatoms. The smallest absolute Gasteiger partial charge is 0.419 e. The number of benzene rings is 2. The van der Waals surface area contributed by atoms with E-state index in [2.05, 4.69) is 10.1 Å². The number of fused-ring (bicyclic) bond motifs is 1. The van der Waals surface area contributed by atoms with Crippen molar-refractivity contribution in [1.82, 2.24) is 14.8 Å². The van der Waals surface area contributed by atoms with Gasteiger partial charge < -0.3 is 9.84 Å². The Morgan fingerprint density at radius 3 is 2.50 bits per heavy atom. The minimum Gasteiger partial charge on any atom is -0.443 e. The van der Waals surface area contributed by atoms with Crippen LogP contribution in [0, 0.1) is 5.82 Å². The highest BCUT2D eigenvalue weighted by Crippen LogP contribution is 2.36. The van der Waals surface area contributed by atoms with E-state index in [1.54, 1.807) is 59.0 Å². The SMILES string of the molecule is CC(C)(C)OC(=O)N(c1cnc2ccccc2c1)c1cccc(F)c1-n1nccc1C(C)(C)O. The van der Waals surface area contributed by atoms with Gasteiger partial charge >= 0.3 is 6.09 Å². The number of pyridine rings is 1. The minimum absolute atomic E-state index is 0.00337. The second-order valence-electron chi connectivity index (χ2n) is 9.50. The quantitative estimate of drug-likeness (QED) is 0.411. The van der Waals surface area contributed by atoms with Crippen LogP contribution in [-0.2, 0) is 10.3 Å². The Labute approximate surface area is 197 Å². The van der Waals surface area contributed by atoms with Crippen LogP contribution in [0.25, 0.3) is 16.6 Å². The Hall–Kier alpha value is -3.78. The Morgan fingerprint density at radius 1 is 1.06 bits per heavy atom. The zero-order chi connectivity index (χ0) is 24.7. The zero-order valence-electron chi connectivity index (χ0n) is 19.8. The molecule has 0 radical (unpaired) electrons. The molecule has 7 nitrogen and oxygen atoms in total. The minimum atomic E-state index is -1.31. The van der Waals surface area contributed by atoms with E-state index in [9.17, 15) is 9.90 Å². The highest BCUT2D eigenvalue weighted by molar-refractivity contribution is 6.00. The predicted octanol–water partition coefficient (Wildman–Crippen LogP) is 5.86. The third-order valence-electron chi connectivity index (χ3n) is 5.10. The number of hydrogen-bond donors (Lipinski definition) is 1. The molecule has 0 spiro atoms. The van der Waals surface area contributed by atoms with Crippen molar-refractivity contribution in [1.29, 1.82) is 0 Å². The van der Waals surface area contributed by atoms with Crippen molar-refractivity contribution < 1.29 is 19.0 Å².